The average Bonchev–Trinajstić information content (AvgIpc) is 3.67. The summed E-state index contributed by atoms with van der Waals surface area (Å²) in [5.74, 6) is -3.02. The molecule has 4 fully saturated rings. The Morgan fingerprint density at radius 3 is 2.18 bits per heavy atom. The van der Waals surface area contributed by atoms with E-state index in [0.717, 1.165) is 81.3 Å². The van der Waals surface area contributed by atoms with Crippen molar-refractivity contribution in [2.75, 3.05) is 57.9 Å². The summed E-state index contributed by atoms with van der Waals surface area (Å²) in [5.41, 5.74) is 5.43. The van der Waals surface area contributed by atoms with Gasteiger partial charge in [0.2, 0.25) is 17.7 Å². The monoisotopic (exact) mass is 1010 g/mol. The Hall–Kier alpha value is -6.33. The van der Waals surface area contributed by atoms with Crippen LogP contribution in [0.25, 0.3) is 11.1 Å². The van der Waals surface area contributed by atoms with Crippen LogP contribution >= 0.6 is 11.6 Å². The van der Waals surface area contributed by atoms with Gasteiger partial charge in [-0.1, -0.05) is 48.9 Å². The van der Waals surface area contributed by atoms with Crippen molar-refractivity contribution in [3.63, 3.8) is 0 Å². The molecule has 72 heavy (non-hydrogen) atoms. The number of nitrogens with zero attached hydrogens (tertiary/aromatic N) is 3. The molecule has 4 aromatic rings. The van der Waals surface area contributed by atoms with Crippen LogP contribution < -0.4 is 35.5 Å². The molecule has 0 unspecified atom stereocenters. The molecule has 0 radical (unpaired) electrons. The number of rotatable bonds is 14. The van der Waals surface area contributed by atoms with Crippen LogP contribution in [0.3, 0.4) is 0 Å². The van der Waals surface area contributed by atoms with Gasteiger partial charge >= 0.3 is 6.03 Å². The summed E-state index contributed by atoms with van der Waals surface area (Å²) in [5, 5.41) is 5.55. The number of benzene rings is 4. The van der Waals surface area contributed by atoms with E-state index in [1.54, 1.807) is 4.90 Å². The zero-order valence-corrected chi connectivity index (χ0v) is 41.2. The summed E-state index contributed by atoms with van der Waals surface area (Å²) in [6.07, 6.45) is 7.75. The molecule has 14 nitrogen and oxygen atoms in total. The maximum Gasteiger partial charge on any atom is 0.328 e. The molecule has 4 aromatic carbocycles. The molecular weight excluding hydrogens is 953 g/mol. The van der Waals surface area contributed by atoms with Crippen LogP contribution in [0.15, 0.2) is 66.7 Å². The lowest BCUT2D eigenvalue weighted by Gasteiger charge is -2.39. The predicted molar refractivity (Wildman–Crippen MR) is 263 cm³/mol. The van der Waals surface area contributed by atoms with Crippen LogP contribution in [0.4, 0.5) is 23.7 Å². The second-order valence-corrected chi connectivity index (χ2v) is 20.2. The fraction of sp³-hybridized carbons (Fsp3) is 0.463. The van der Waals surface area contributed by atoms with E-state index in [9.17, 15) is 28.4 Å². The van der Waals surface area contributed by atoms with Gasteiger partial charge in [0, 0.05) is 92.4 Å². The number of urea groups is 1. The minimum absolute atomic E-state index is 0.0155. The Balaban J connectivity index is 0.749. The minimum atomic E-state index is -1.09. The Kier molecular flexibility index (Phi) is 15.0. The maximum atomic E-state index is 16.2. The highest BCUT2D eigenvalue weighted by molar-refractivity contribution is 6.34. The Bertz CT molecular complexity index is 2730. The standard InChI is InChI=1S/C54H60ClF3N6O8/c1-31-46-43(28-40(57)49(55)48(46)47-38(51(59)67)13-15-42(70-2)50(47)58)72-54(31,35-6-4-3-5-7-35)30-60-36-10-8-34(9-11-36)52(68)63-23-18-33(19-24-63)26-32-16-21-62(22-17-32)45(66)29-71-37-12-14-39(56)41(27-37)64-25-20-44(65)61-53(64)69/h3-7,12-15,27-28,31-34,36,60H,8-11,16-26,29-30H2,1-2H3,(H2,59,67)(H,61,65,69)/t31-,34?,36?,54-/m0/s1. The summed E-state index contributed by atoms with van der Waals surface area (Å²) in [6.45, 7) is 4.74. The first-order chi connectivity index (χ1) is 34.6. The van der Waals surface area contributed by atoms with Gasteiger partial charge < -0.3 is 35.1 Å². The fourth-order valence-electron chi connectivity index (χ4n) is 11.6. The van der Waals surface area contributed by atoms with Gasteiger partial charge in [-0.25, -0.2) is 18.0 Å². The van der Waals surface area contributed by atoms with Crippen LogP contribution in [0.1, 0.15) is 98.5 Å². The van der Waals surface area contributed by atoms with E-state index in [1.165, 1.54) is 43.5 Å². The number of primary amides is 1. The minimum Gasteiger partial charge on any atom is -0.494 e. The van der Waals surface area contributed by atoms with E-state index in [2.05, 4.69) is 10.6 Å². The van der Waals surface area contributed by atoms with Crippen molar-refractivity contribution in [1.82, 2.24) is 20.4 Å². The molecule has 5 aliphatic rings. The number of methoxy groups -OCH3 is 1. The molecule has 2 atom stereocenters. The molecule has 1 aliphatic carbocycles. The summed E-state index contributed by atoms with van der Waals surface area (Å²) < 4.78 is 64.4. The number of nitrogens with two attached hydrogens (primary N) is 1. The van der Waals surface area contributed by atoms with Gasteiger partial charge in [-0.2, -0.15) is 0 Å². The van der Waals surface area contributed by atoms with Gasteiger partial charge in [-0.15, -0.1) is 0 Å². The number of imide groups is 1. The molecule has 4 N–H and O–H groups in total. The predicted octanol–water partition coefficient (Wildman–Crippen LogP) is 8.46. The zero-order chi connectivity index (χ0) is 50.8. The normalized spacial score (nSPS) is 22.8. The van der Waals surface area contributed by atoms with Gasteiger partial charge in [-0.05, 0) is 99.5 Å². The quantitative estimate of drug-likeness (QED) is 0.112. The van der Waals surface area contributed by atoms with Crippen LogP contribution in [-0.2, 0) is 20.0 Å². The topological polar surface area (TPSA) is 173 Å². The highest BCUT2D eigenvalue weighted by atomic mass is 35.5. The van der Waals surface area contributed by atoms with Crippen LogP contribution in [-0.4, -0.2) is 98.5 Å². The molecule has 0 bridgehead atoms. The molecule has 382 valence electrons. The number of likely N-dealkylation sites (tertiary alicyclic amines) is 2. The molecule has 9 rings (SSSR count). The number of piperidine rings is 2. The lowest BCUT2D eigenvalue weighted by molar-refractivity contribution is -0.138. The maximum absolute atomic E-state index is 16.2. The summed E-state index contributed by atoms with van der Waals surface area (Å²) in [6, 6.07) is 16.7. The summed E-state index contributed by atoms with van der Waals surface area (Å²) in [4.78, 5) is 68.5. The van der Waals surface area contributed by atoms with Gasteiger partial charge in [0.1, 0.15) is 23.1 Å². The molecule has 3 saturated heterocycles. The third-order valence-corrected chi connectivity index (χ3v) is 16.0. The van der Waals surface area contributed by atoms with Crippen molar-refractivity contribution in [3.8, 4) is 28.4 Å². The SMILES string of the molecule is COc1ccc(C(N)=O)c(-c2c(Cl)c(F)cc3c2[C@H](C)[C@@](CNC2CCC(C(=O)N4CCC(CC5CCN(C(=O)COc6ccc(F)c(N7CCC(=O)NC7=O)c6)CC5)CC4)CC2)(c2ccccc2)O3)c1F. The highest BCUT2D eigenvalue weighted by Crippen LogP contribution is 2.56. The molecule has 0 spiro atoms. The number of anilines is 1. The number of fused-ring (bicyclic) bond motifs is 1. The molecule has 0 aromatic heterocycles. The first kappa shape index (κ1) is 50.6. The van der Waals surface area contributed by atoms with Crippen molar-refractivity contribution in [3.05, 3.63) is 106 Å². The average molecular weight is 1010 g/mol. The lowest BCUT2D eigenvalue weighted by atomic mass is 9.77. The second-order valence-electron chi connectivity index (χ2n) is 19.8. The molecule has 18 heteroatoms. The fourth-order valence-corrected chi connectivity index (χ4v) is 11.8. The van der Waals surface area contributed by atoms with Crippen LogP contribution in [0, 0.1) is 35.2 Å². The molecule has 1 saturated carbocycles. The van der Waals surface area contributed by atoms with Crippen molar-refractivity contribution in [1.29, 1.82) is 0 Å². The van der Waals surface area contributed by atoms with E-state index >= 15 is 8.78 Å². The second kappa shape index (κ2) is 21.4. The molecule has 4 aliphatic heterocycles. The number of halogens is 4. The molecule has 6 amide bonds. The van der Waals surface area contributed by atoms with Crippen LogP contribution in [0.5, 0.6) is 17.2 Å². The van der Waals surface area contributed by atoms with Crippen molar-refractivity contribution >= 4 is 46.9 Å². The van der Waals surface area contributed by atoms with Gasteiger partial charge in [0.05, 0.1) is 23.4 Å². The molecule has 4 heterocycles. The Labute approximate surface area is 421 Å². The third-order valence-electron chi connectivity index (χ3n) is 15.7. The van der Waals surface area contributed by atoms with E-state index in [4.69, 9.17) is 31.5 Å². The first-order valence-corrected chi connectivity index (χ1v) is 25.3. The number of amides is 6. The Morgan fingerprint density at radius 1 is 0.847 bits per heavy atom. The number of carbonyl (C=O) groups excluding carboxylic acids is 5. The van der Waals surface area contributed by atoms with E-state index in [-0.39, 0.29) is 88.0 Å². The lowest BCUT2D eigenvalue weighted by Crippen LogP contribution is -2.49. The largest absolute Gasteiger partial charge is 0.494 e. The third kappa shape index (κ3) is 10.2. The zero-order valence-electron chi connectivity index (χ0n) is 40.5. The number of hydrogen-bond acceptors (Lipinski definition) is 9. The highest BCUT2D eigenvalue weighted by Gasteiger charge is 2.50. The van der Waals surface area contributed by atoms with E-state index < -0.39 is 46.8 Å². The van der Waals surface area contributed by atoms with Crippen molar-refractivity contribution in [2.45, 2.75) is 88.7 Å². The van der Waals surface area contributed by atoms with Crippen LogP contribution in [0.2, 0.25) is 5.02 Å². The van der Waals surface area contributed by atoms with Gasteiger partial charge in [0.15, 0.2) is 23.8 Å². The summed E-state index contributed by atoms with van der Waals surface area (Å²) in [7, 11) is 1.29. The van der Waals surface area contributed by atoms with Crippen molar-refractivity contribution < 1.29 is 51.4 Å². The van der Waals surface area contributed by atoms with Gasteiger partial charge in [0.25, 0.3) is 5.91 Å². The Morgan fingerprint density at radius 2 is 1.53 bits per heavy atom. The van der Waals surface area contributed by atoms with Crippen molar-refractivity contribution in [2.24, 2.45) is 23.5 Å². The first-order valence-electron chi connectivity index (χ1n) is 24.9. The smallest absolute Gasteiger partial charge is 0.328 e. The number of ether oxygens (including phenoxy) is 3. The van der Waals surface area contributed by atoms with Gasteiger partial charge in [-0.3, -0.25) is 29.4 Å². The number of nitrogens with one attached hydrogen (secondary N) is 2. The van der Waals surface area contributed by atoms with E-state index in [1.807, 2.05) is 42.2 Å². The summed E-state index contributed by atoms with van der Waals surface area (Å²) >= 11 is 6.69. The number of hydrogen-bond donors (Lipinski definition) is 3. The number of carbonyl (C=O) groups is 5. The molecular formula is C54H60ClF3N6O8. The van der Waals surface area contributed by atoms with E-state index in [0.29, 0.717) is 37.0 Å².